The molecule has 0 spiro atoms. The van der Waals surface area contributed by atoms with E-state index in [-0.39, 0.29) is 29.9 Å². The first-order valence-corrected chi connectivity index (χ1v) is 9.42. The molecule has 1 aliphatic heterocycles. The van der Waals surface area contributed by atoms with E-state index in [1.165, 1.54) is 38.5 Å². The molecule has 1 amide bonds. The molecule has 1 aromatic heterocycles. The zero-order valence-corrected chi connectivity index (χ0v) is 18.2. The summed E-state index contributed by atoms with van der Waals surface area (Å²) in [6.45, 7) is 2.74. The van der Waals surface area contributed by atoms with Crippen LogP contribution >= 0.6 is 24.0 Å². The molecule has 3 rings (SSSR count). The number of hydrogen-bond acceptors (Lipinski definition) is 3. The van der Waals surface area contributed by atoms with Crippen LogP contribution in [0.2, 0.25) is 0 Å². The first-order chi connectivity index (χ1) is 12.2. The lowest BCUT2D eigenvalue weighted by Gasteiger charge is -2.35. The van der Waals surface area contributed by atoms with Gasteiger partial charge in [-0.25, -0.2) is 0 Å². The van der Waals surface area contributed by atoms with Gasteiger partial charge in [-0.2, -0.15) is 5.10 Å². The summed E-state index contributed by atoms with van der Waals surface area (Å²) in [5, 5.41) is 7.61. The predicted octanol–water partition coefficient (Wildman–Crippen LogP) is 2.23. The van der Waals surface area contributed by atoms with Crippen molar-refractivity contribution in [2.24, 2.45) is 18.0 Å². The van der Waals surface area contributed by atoms with Gasteiger partial charge < -0.3 is 15.1 Å². The van der Waals surface area contributed by atoms with E-state index in [0.29, 0.717) is 13.1 Å². The van der Waals surface area contributed by atoms with Gasteiger partial charge in [-0.15, -0.1) is 24.0 Å². The van der Waals surface area contributed by atoms with E-state index in [2.05, 4.69) is 20.3 Å². The summed E-state index contributed by atoms with van der Waals surface area (Å²) < 4.78 is 1.72. The molecule has 0 unspecified atom stereocenters. The van der Waals surface area contributed by atoms with Crippen molar-refractivity contribution in [1.82, 2.24) is 20.0 Å². The average molecular weight is 474 g/mol. The highest BCUT2D eigenvalue weighted by Crippen LogP contribution is 2.25. The Balaban J connectivity index is 0.00000243. The van der Waals surface area contributed by atoms with Crippen LogP contribution in [-0.2, 0) is 11.8 Å². The van der Waals surface area contributed by atoms with Crippen molar-refractivity contribution in [2.75, 3.05) is 38.1 Å². The summed E-state index contributed by atoms with van der Waals surface area (Å²) in [6, 6.07) is 0. The maximum absolute atomic E-state index is 12.5. The van der Waals surface area contributed by atoms with Gasteiger partial charge in [0, 0.05) is 39.9 Å². The first-order valence-electron chi connectivity index (χ1n) is 9.42. The lowest BCUT2D eigenvalue weighted by Crippen LogP contribution is -2.55. The van der Waals surface area contributed by atoms with Crippen molar-refractivity contribution in [3.05, 3.63) is 12.4 Å². The number of piperazine rings is 1. The van der Waals surface area contributed by atoms with Crippen LogP contribution in [0.3, 0.4) is 0 Å². The van der Waals surface area contributed by atoms with Crippen molar-refractivity contribution in [2.45, 2.75) is 38.5 Å². The number of carbonyl (C=O) groups excluding carboxylic acids is 1. The van der Waals surface area contributed by atoms with Gasteiger partial charge in [0.15, 0.2) is 5.96 Å². The number of halogens is 1. The molecule has 0 atom stereocenters. The fourth-order valence-electron chi connectivity index (χ4n) is 3.87. The van der Waals surface area contributed by atoms with E-state index in [1.54, 1.807) is 22.8 Å². The van der Waals surface area contributed by atoms with Crippen molar-refractivity contribution in [1.29, 1.82) is 0 Å². The van der Waals surface area contributed by atoms with Crippen LogP contribution in [0.4, 0.5) is 5.69 Å². The minimum absolute atomic E-state index is 0. The first kappa shape index (κ1) is 21.0. The molecule has 1 aliphatic carbocycles. The second kappa shape index (κ2) is 10.1. The van der Waals surface area contributed by atoms with Crippen LogP contribution < -0.4 is 10.2 Å². The Kier molecular flexibility index (Phi) is 8.17. The number of amides is 1. The van der Waals surface area contributed by atoms with Crippen molar-refractivity contribution in [3.8, 4) is 0 Å². The quantitative estimate of drug-likeness (QED) is 0.413. The number of hydrogen-bond donors (Lipinski definition) is 1. The number of aromatic nitrogens is 2. The Bertz CT molecular complexity index is 611. The number of nitrogens with zero attached hydrogens (tertiary/aromatic N) is 5. The molecule has 0 radical (unpaired) electrons. The SMILES string of the molecule is CN=C(NCCC1CCCCC1)N1CCN(c2cnn(C)c2)C(=O)C1.I. The van der Waals surface area contributed by atoms with Crippen molar-refractivity contribution < 1.29 is 4.79 Å². The molecular weight excluding hydrogens is 443 g/mol. The van der Waals surface area contributed by atoms with E-state index in [4.69, 9.17) is 0 Å². The summed E-state index contributed by atoms with van der Waals surface area (Å²) >= 11 is 0. The molecule has 146 valence electrons. The van der Waals surface area contributed by atoms with Crippen molar-refractivity contribution in [3.63, 3.8) is 0 Å². The molecule has 1 saturated carbocycles. The van der Waals surface area contributed by atoms with Gasteiger partial charge in [0.1, 0.15) is 6.54 Å². The lowest BCUT2D eigenvalue weighted by atomic mass is 9.87. The molecule has 2 heterocycles. The summed E-state index contributed by atoms with van der Waals surface area (Å²) in [5.74, 6) is 1.79. The van der Waals surface area contributed by atoms with E-state index < -0.39 is 0 Å². The average Bonchev–Trinajstić information content (AvgIpc) is 3.05. The molecule has 0 aromatic carbocycles. The zero-order chi connectivity index (χ0) is 17.6. The number of aliphatic imine (C=N–C) groups is 1. The van der Waals surface area contributed by atoms with Crippen LogP contribution in [0.1, 0.15) is 38.5 Å². The van der Waals surface area contributed by atoms with Crippen molar-refractivity contribution >= 4 is 41.5 Å². The smallest absolute Gasteiger partial charge is 0.246 e. The Morgan fingerprint density at radius 1 is 1.31 bits per heavy atom. The van der Waals surface area contributed by atoms with Gasteiger partial charge in [0.25, 0.3) is 0 Å². The van der Waals surface area contributed by atoms with Gasteiger partial charge >= 0.3 is 0 Å². The maximum atomic E-state index is 12.5. The highest BCUT2D eigenvalue weighted by molar-refractivity contribution is 14.0. The standard InChI is InChI=1S/C18H30N6O.HI/c1-19-18(20-9-8-15-6-4-3-5-7-15)23-10-11-24(17(25)14-23)16-12-21-22(2)13-16;/h12-13,15H,3-11,14H2,1-2H3,(H,19,20);1H. The Morgan fingerprint density at radius 2 is 2.08 bits per heavy atom. The molecule has 1 aromatic rings. The second-order valence-corrected chi connectivity index (χ2v) is 7.11. The van der Waals surface area contributed by atoms with Crippen LogP contribution in [0.25, 0.3) is 0 Å². The number of anilines is 1. The Labute approximate surface area is 173 Å². The van der Waals surface area contributed by atoms with Crippen LogP contribution in [0.5, 0.6) is 0 Å². The number of nitrogens with one attached hydrogen (secondary N) is 1. The number of carbonyl (C=O) groups is 1. The molecule has 7 nitrogen and oxygen atoms in total. The number of aryl methyl sites for hydroxylation is 1. The van der Waals surface area contributed by atoms with Crippen LogP contribution in [0, 0.1) is 5.92 Å². The molecule has 2 aliphatic rings. The number of rotatable bonds is 4. The highest BCUT2D eigenvalue weighted by Gasteiger charge is 2.27. The highest BCUT2D eigenvalue weighted by atomic mass is 127. The third-order valence-corrected chi connectivity index (χ3v) is 5.30. The van der Waals surface area contributed by atoms with E-state index in [0.717, 1.165) is 30.7 Å². The minimum atomic E-state index is 0. The zero-order valence-electron chi connectivity index (χ0n) is 15.9. The summed E-state index contributed by atoms with van der Waals surface area (Å²) in [7, 11) is 3.66. The number of guanidine groups is 1. The molecule has 1 N–H and O–H groups in total. The normalized spacial score (nSPS) is 19.5. The Morgan fingerprint density at radius 3 is 2.69 bits per heavy atom. The van der Waals surface area contributed by atoms with E-state index >= 15 is 0 Å². The summed E-state index contributed by atoms with van der Waals surface area (Å²) in [6.07, 6.45) is 11.7. The van der Waals surface area contributed by atoms with Crippen LogP contribution in [0.15, 0.2) is 17.4 Å². The topological polar surface area (TPSA) is 65.8 Å². The maximum Gasteiger partial charge on any atom is 0.246 e. The van der Waals surface area contributed by atoms with Gasteiger partial charge in [-0.3, -0.25) is 14.5 Å². The summed E-state index contributed by atoms with van der Waals surface area (Å²) in [4.78, 5) is 20.8. The molecule has 2 fully saturated rings. The second-order valence-electron chi connectivity index (χ2n) is 7.11. The van der Waals surface area contributed by atoms with Gasteiger partial charge in [-0.1, -0.05) is 32.1 Å². The molecule has 0 bridgehead atoms. The van der Waals surface area contributed by atoms with E-state index in [1.807, 2.05) is 13.2 Å². The van der Waals surface area contributed by atoms with Crippen LogP contribution in [-0.4, -0.2) is 59.8 Å². The van der Waals surface area contributed by atoms with Gasteiger partial charge in [0.05, 0.1) is 11.9 Å². The Hall–Kier alpha value is -1.32. The third kappa shape index (κ3) is 5.34. The van der Waals surface area contributed by atoms with Gasteiger partial charge in [0.2, 0.25) is 5.91 Å². The third-order valence-electron chi connectivity index (χ3n) is 5.30. The molecule has 8 heteroatoms. The van der Waals surface area contributed by atoms with E-state index in [9.17, 15) is 4.79 Å². The molecule has 1 saturated heterocycles. The fourth-order valence-corrected chi connectivity index (χ4v) is 3.87. The summed E-state index contributed by atoms with van der Waals surface area (Å²) in [5.41, 5.74) is 0.868. The fraction of sp³-hybridized carbons (Fsp3) is 0.722. The lowest BCUT2D eigenvalue weighted by molar-refractivity contribution is -0.120. The monoisotopic (exact) mass is 474 g/mol. The molecular formula is C18H31IN6O. The predicted molar refractivity (Wildman–Crippen MR) is 115 cm³/mol. The largest absolute Gasteiger partial charge is 0.356 e. The molecule has 26 heavy (non-hydrogen) atoms. The minimum Gasteiger partial charge on any atom is -0.356 e. The van der Waals surface area contributed by atoms with Gasteiger partial charge in [-0.05, 0) is 12.3 Å².